The van der Waals surface area contributed by atoms with Gasteiger partial charge in [0.05, 0.1) is 13.2 Å². The molecule has 0 aromatic rings. The van der Waals surface area contributed by atoms with Crippen molar-refractivity contribution in [1.82, 2.24) is 0 Å². The fourth-order valence-corrected chi connectivity index (χ4v) is 1.54. The lowest BCUT2D eigenvalue weighted by atomic mass is 10.0. The lowest BCUT2D eigenvalue weighted by Crippen LogP contribution is -1.94. The monoisotopic (exact) mass is 168 g/mol. The van der Waals surface area contributed by atoms with Crippen molar-refractivity contribution in [2.24, 2.45) is 5.92 Å². The van der Waals surface area contributed by atoms with Gasteiger partial charge in [-0.25, -0.2) is 0 Å². The molecule has 1 heterocycles. The van der Waals surface area contributed by atoms with Gasteiger partial charge < -0.3 is 4.74 Å². The fraction of sp³-hybridized carbons (Fsp3) is 0.818. The van der Waals surface area contributed by atoms with Crippen LogP contribution in [0.4, 0.5) is 0 Å². The van der Waals surface area contributed by atoms with E-state index in [4.69, 9.17) is 4.74 Å². The predicted octanol–water partition coefficient (Wildman–Crippen LogP) is 3.16. The third-order valence-corrected chi connectivity index (χ3v) is 2.48. The van der Waals surface area contributed by atoms with E-state index in [9.17, 15) is 0 Å². The van der Waals surface area contributed by atoms with Gasteiger partial charge in [0.25, 0.3) is 0 Å². The number of allylic oxidation sites excluding steroid dienone is 1. The summed E-state index contributed by atoms with van der Waals surface area (Å²) in [6.07, 6.45) is 7.64. The van der Waals surface area contributed by atoms with Gasteiger partial charge in [-0.3, -0.25) is 0 Å². The Morgan fingerprint density at radius 1 is 1.50 bits per heavy atom. The molecule has 1 atom stereocenters. The summed E-state index contributed by atoms with van der Waals surface area (Å²) in [6, 6.07) is 0. The van der Waals surface area contributed by atoms with E-state index in [1.54, 1.807) is 0 Å². The maximum Gasteiger partial charge on any atom is 0.0680 e. The Morgan fingerprint density at radius 3 is 2.92 bits per heavy atom. The smallest absolute Gasteiger partial charge is 0.0680 e. The van der Waals surface area contributed by atoms with Gasteiger partial charge in [0.2, 0.25) is 0 Å². The van der Waals surface area contributed by atoms with Crippen molar-refractivity contribution in [3.8, 4) is 0 Å². The highest BCUT2D eigenvalue weighted by molar-refractivity contribution is 5.09. The van der Waals surface area contributed by atoms with Crippen LogP contribution >= 0.6 is 0 Å². The van der Waals surface area contributed by atoms with Crippen molar-refractivity contribution in [1.29, 1.82) is 0 Å². The maximum atomic E-state index is 5.36. The molecule has 1 saturated heterocycles. The van der Waals surface area contributed by atoms with E-state index in [1.807, 2.05) is 0 Å². The first-order chi connectivity index (χ1) is 5.84. The molecule has 1 nitrogen and oxygen atoms in total. The summed E-state index contributed by atoms with van der Waals surface area (Å²) in [5, 5.41) is 0. The molecule has 0 amide bonds. The number of hydrogen-bond donors (Lipinski definition) is 0. The van der Waals surface area contributed by atoms with Crippen molar-refractivity contribution >= 4 is 0 Å². The lowest BCUT2D eigenvalue weighted by Gasteiger charge is -2.00. The Labute approximate surface area is 75.8 Å². The second kappa shape index (κ2) is 5.36. The molecule has 70 valence electrons. The molecule has 1 unspecified atom stereocenters. The van der Waals surface area contributed by atoms with Crippen molar-refractivity contribution < 1.29 is 4.74 Å². The van der Waals surface area contributed by atoms with E-state index in [0.717, 1.165) is 13.2 Å². The third-order valence-electron chi connectivity index (χ3n) is 2.48. The van der Waals surface area contributed by atoms with Gasteiger partial charge in [-0.15, -0.1) is 0 Å². The molecule has 1 heteroatoms. The molecule has 1 aliphatic rings. The highest BCUT2D eigenvalue weighted by atomic mass is 16.5. The van der Waals surface area contributed by atoms with Crippen LogP contribution in [0.25, 0.3) is 0 Å². The summed E-state index contributed by atoms with van der Waals surface area (Å²) in [6.45, 7) is 6.31. The summed E-state index contributed by atoms with van der Waals surface area (Å²) in [5.74, 6) is 0.673. The zero-order chi connectivity index (χ0) is 8.81. The molecule has 1 fully saturated rings. The molecule has 0 aromatic heterocycles. The second-order valence-corrected chi connectivity index (χ2v) is 3.69. The standard InChI is InChI=1S/C11H20O/c1-3-4-5-6-7-11-9-12-8-10(11)2/h7,10H,3-6,8-9H2,1-2H3/b11-7+. The highest BCUT2D eigenvalue weighted by Gasteiger charge is 2.15. The largest absolute Gasteiger partial charge is 0.376 e. The SMILES string of the molecule is CCCCC/C=C1\COCC1C. The number of unbranched alkanes of at least 4 members (excludes halogenated alkanes) is 3. The zero-order valence-corrected chi connectivity index (χ0v) is 8.31. The number of ether oxygens (including phenoxy) is 1. The van der Waals surface area contributed by atoms with Gasteiger partial charge in [0.1, 0.15) is 0 Å². The van der Waals surface area contributed by atoms with Crippen molar-refractivity contribution in [2.45, 2.75) is 39.5 Å². The quantitative estimate of drug-likeness (QED) is 0.463. The molecular weight excluding hydrogens is 148 g/mol. The average Bonchev–Trinajstić information content (AvgIpc) is 2.46. The number of rotatable bonds is 4. The van der Waals surface area contributed by atoms with Crippen LogP contribution in [0.2, 0.25) is 0 Å². The van der Waals surface area contributed by atoms with Crippen LogP contribution in [0.15, 0.2) is 11.6 Å². The van der Waals surface area contributed by atoms with Gasteiger partial charge in [-0.1, -0.05) is 32.8 Å². The van der Waals surface area contributed by atoms with Crippen molar-refractivity contribution in [3.05, 3.63) is 11.6 Å². The average molecular weight is 168 g/mol. The van der Waals surface area contributed by atoms with Crippen LogP contribution in [0.5, 0.6) is 0 Å². The Balaban J connectivity index is 2.17. The van der Waals surface area contributed by atoms with Gasteiger partial charge in [-0.2, -0.15) is 0 Å². The van der Waals surface area contributed by atoms with Crippen LogP contribution in [-0.4, -0.2) is 13.2 Å². The highest BCUT2D eigenvalue weighted by Crippen LogP contribution is 2.19. The van der Waals surface area contributed by atoms with Gasteiger partial charge >= 0.3 is 0 Å². The Morgan fingerprint density at radius 2 is 2.33 bits per heavy atom. The third kappa shape index (κ3) is 2.98. The number of hydrogen-bond acceptors (Lipinski definition) is 1. The van der Waals surface area contributed by atoms with Crippen LogP contribution in [0.1, 0.15) is 39.5 Å². The molecule has 0 N–H and O–H groups in total. The van der Waals surface area contributed by atoms with Gasteiger partial charge in [-0.05, 0) is 18.4 Å². The van der Waals surface area contributed by atoms with E-state index in [0.29, 0.717) is 5.92 Å². The zero-order valence-electron chi connectivity index (χ0n) is 8.31. The van der Waals surface area contributed by atoms with E-state index >= 15 is 0 Å². The van der Waals surface area contributed by atoms with Crippen LogP contribution in [0, 0.1) is 5.92 Å². The first-order valence-corrected chi connectivity index (χ1v) is 5.11. The summed E-state index contributed by atoms with van der Waals surface area (Å²) >= 11 is 0. The molecule has 0 bridgehead atoms. The summed E-state index contributed by atoms with van der Waals surface area (Å²) in [7, 11) is 0. The van der Waals surface area contributed by atoms with Gasteiger partial charge in [0, 0.05) is 5.92 Å². The molecule has 0 spiro atoms. The lowest BCUT2D eigenvalue weighted by molar-refractivity contribution is 0.191. The Bertz CT molecular complexity index is 149. The molecule has 1 aliphatic heterocycles. The molecular formula is C11H20O. The Hall–Kier alpha value is -0.300. The molecule has 0 aliphatic carbocycles. The molecule has 12 heavy (non-hydrogen) atoms. The van der Waals surface area contributed by atoms with Crippen LogP contribution in [-0.2, 0) is 4.74 Å². The maximum absolute atomic E-state index is 5.36. The van der Waals surface area contributed by atoms with Gasteiger partial charge in [0.15, 0.2) is 0 Å². The van der Waals surface area contributed by atoms with Crippen molar-refractivity contribution in [3.63, 3.8) is 0 Å². The van der Waals surface area contributed by atoms with E-state index in [2.05, 4.69) is 19.9 Å². The normalized spacial score (nSPS) is 26.8. The second-order valence-electron chi connectivity index (χ2n) is 3.69. The van der Waals surface area contributed by atoms with E-state index in [1.165, 1.54) is 31.3 Å². The first-order valence-electron chi connectivity index (χ1n) is 5.11. The summed E-state index contributed by atoms with van der Waals surface area (Å²) < 4.78 is 5.36. The van der Waals surface area contributed by atoms with Crippen molar-refractivity contribution in [2.75, 3.05) is 13.2 Å². The first kappa shape index (κ1) is 9.79. The minimum Gasteiger partial charge on any atom is -0.376 e. The molecule has 1 rings (SSSR count). The van der Waals surface area contributed by atoms with Crippen LogP contribution in [0.3, 0.4) is 0 Å². The minimum atomic E-state index is 0.673. The molecule has 0 radical (unpaired) electrons. The molecule has 0 saturated carbocycles. The minimum absolute atomic E-state index is 0.673. The van der Waals surface area contributed by atoms with Crippen LogP contribution < -0.4 is 0 Å². The van der Waals surface area contributed by atoms with E-state index in [-0.39, 0.29) is 0 Å². The van der Waals surface area contributed by atoms with E-state index < -0.39 is 0 Å². The summed E-state index contributed by atoms with van der Waals surface area (Å²) in [4.78, 5) is 0. The topological polar surface area (TPSA) is 9.23 Å². The predicted molar refractivity (Wildman–Crippen MR) is 52.2 cm³/mol. The Kier molecular flexibility index (Phi) is 4.37. The summed E-state index contributed by atoms with van der Waals surface area (Å²) in [5.41, 5.74) is 1.52. The molecule has 0 aromatic carbocycles. The fourth-order valence-electron chi connectivity index (χ4n) is 1.54.